The van der Waals surface area contributed by atoms with Crippen molar-refractivity contribution in [2.45, 2.75) is 52.0 Å². The van der Waals surface area contributed by atoms with Gasteiger partial charge in [0.1, 0.15) is 6.04 Å². The van der Waals surface area contributed by atoms with Gasteiger partial charge in [-0.05, 0) is 26.7 Å². The van der Waals surface area contributed by atoms with Gasteiger partial charge in [-0.1, -0.05) is 19.3 Å². The fourth-order valence-electron chi connectivity index (χ4n) is 2.45. The highest BCUT2D eigenvalue weighted by Crippen LogP contribution is 2.18. The highest BCUT2D eigenvalue weighted by molar-refractivity contribution is 5.82. The average molecular weight is 256 g/mol. The van der Waals surface area contributed by atoms with Crippen LogP contribution in [0.4, 0.5) is 4.79 Å². The molecular formula is C13H24N2O3. The zero-order valence-electron chi connectivity index (χ0n) is 11.4. The standard InChI is InChI=1S/C13H24N2O3/c1-3-14(4-2)13(18)15-10-8-6-5-7-9-11(15)12(16)17/h11H,3-10H2,1-2H3,(H,16,17). The van der Waals surface area contributed by atoms with E-state index < -0.39 is 12.0 Å². The summed E-state index contributed by atoms with van der Waals surface area (Å²) >= 11 is 0. The monoisotopic (exact) mass is 256 g/mol. The molecular weight excluding hydrogens is 232 g/mol. The van der Waals surface area contributed by atoms with Crippen molar-refractivity contribution < 1.29 is 14.7 Å². The normalized spacial score (nSPS) is 21.0. The van der Waals surface area contributed by atoms with E-state index in [1.807, 2.05) is 13.8 Å². The first kappa shape index (κ1) is 14.8. The number of carbonyl (C=O) groups is 2. The molecule has 1 aliphatic rings. The van der Waals surface area contributed by atoms with Gasteiger partial charge in [0.25, 0.3) is 0 Å². The van der Waals surface area contributed by atoms with Gasteiger partial charge in [0, 0.05) is 19.6 Å². The van der Waals surface area contributed by atoms with Crippen molar-refractivity contribution in [2.75, 3.05) is 19.6 Å². The number of carboxylic acids is 1. The Bertz CT molecular complexity index is 290. The predicted octanol–water partition coefficient (Wildman–Crippen LogP) is 2.17. The van der Waals surface area contributed by atoms with Crippen molar-refractivity contribution in [3.8, 4) is 0 Å². The van der Waals surface area contributed by atoms with Gasteiger partial charge in [-0.2, -0.15) is 0 Å². The van der Waals surface area contributed by atoms with Crippen LogP contribution in [0.2, 0.25) is 0 Å². The summed E-state index contributed by atoms with van der Waals surface area (Å²) in [5.74, 6) is -0.877. The van der Waals surface area contributed by atoms with Gasteiger partial charge in [-0.15, -0.1) is 0 Å². The Kier molecular flexibility index (Phi) is 5.95. The third kappa shape index (κ3) is 3.62. The van der Waals surface area contributed by atoms with Crippen LogP contribution in [0, 0.1) is 0 Å². The third-order valence-corrected chi connectivity index (χ3v) is 3.57. The van der Waals surface area contributed by atoms with Crippen LogP contribution < -0.4 is 0 Å². The molecule has 0 aromatic heterocycles. The highest BCUT2D eigenvalue weighted by Gasteiger charge is 2.31. The first-order valence-electron chi connectivity index (χ1n) is 6.90. The van der Waals surface area contributed by atoms with Crippen LogP contribution in [0.25, 0.3) is 0 Å². The van der Waals surface area contributed by atoms with E-state index in [1.165, 1.54) is 0 Å². The minimum Gasteiger partial charge on any atom is -0.480 e. The Labute approximate surface area is 109 Å². The molecule has 0 saturated carbocycles. The second-order valence-electron chi connectivity index (χ2n) is 4.71. The van der Waals surface area contributed by atoms with Gasteiger partial charge < -0.3 is 14.9 Å². The summed E-state index contributed by atoms with van der Waals surface area (Å²) in [6.45, 7) is 5.64. The summed E-state index contributed by atoms with van der Waals surface area (Å²) in [4.78, 5) is 26.9. The molecule has 1 N–H and O–H groups in total. The number of carboxylic acid groups (broad SMARTS) is 1. The van der Waals surface area contributed by atoms with Crippen LogP contribution in [0.5, 0.6) is 0 Å². The molecule has 1 aliphatic heterocycles. The maximum absolute atomic E-state index is 12.3. The summed E-state index contributed by atoms with van der Waals surface area (Å²) in [6.07, 6.45) is 4.50. The highest BCUT2D eigenvalue weighted by atomic mass is 16.4. The van der Waals surface area contributed by atoms with Crippen molar-refractivity contribution in [1.29, 1.82) is 0 Å². The van der Waals surface area contributed by atoms with Crippen LogP contribution in [-0.2, 0) is 4.79 Å². The molecule has 104 valence electrons. The number of likely N-dealkylation sites (tertiary alicyclic amines) is 1. The summed E-state index contributed by atoms with van der Waals surface area (Å²) < 4.78 is 0. The molecule has 1 fully saturated rings. The van der Waals surface area contributed by atoms with E-state index in [2.05, 4.69) is 0 Å². The minimum atomic E-state index is -0.877. The first-order chi connectivity index (χ1) is 8.61. The summed E-state index contributed by atoms with van der Waals surface area (Å²) in [7, 11) is 0. The van der Waals surface area contributed by atoms with E-state index in [9.17, 15) is 14.7 Å². The Hall–Kier alpha value is -1.26. The van der Waals surface area contributed by atoms with Gasteiger partial charge in [-0.3, -0.25) is 0 Å². The summed E-state index contributed by atoms with van der Waals surface area (Å²) in [6, 6.07) is -0.785. The van der Waals surface area contributed by atoms with Crippen LogP contribution in [0.1, 0.15) is 46.0 Å². The average Bonchev–Trinajstić information content (AvgIpc) is 2.29. The van der Waals surface area contributed by atoms with Crippen molar-refractivity contribution >= 4 is 12.0 Å². The van der Waals surface area contributed by atoms with Crippen LogP contribution in [0.3, 0.4) is 0 Å². The number of hydrogen-bond acceptors (Lipinski definition) is 2. The molecule has 1 unspecified atom stereocenters. The lowest BCUT2D eigenvalue weighted by Gasteiger charge is -2.34. The Balaban J connectivity index is 2.82. The fraction of sp³-hybridized carbons (Fsp3) is 0.846. The third-order valence-electron chi connectivity index (χ3n) is 3.57. The lowest BCUT2D eigenvalue weighted by molar-refractivity contribution is -0.142. The number of hydrogen-bond donors (Lipinski definition) is 1. The van der Waals surface area contributed by atoms with E-state index in [0.717, 1.165) is 25.7 Å². The van der Waals surface area contributed by atoms with Crippen molar-refractivity contribution in [3.05, 3.63) is 0 Å². The molecule has 0 radical (unpaired) electrons. The number of nitrogens with zero attached hydrogens (tertiary/aromatic N) is 2. The Morgan fingerprint density at radius 2 is 1.78 bits per heavy atom. The molecule has 2 amide bonds. The molecule has 0 aromatic carbocycles. The lowest BCUT2D eigenvalue weighted by atomic mass is 10.0. The second-order valence-corrected chi connectivity index (χ2v) is 4.71. The fourth-order valence-corrected chi connectivity index (χ4v) is 2.45. The topological polar surface area (TPSA) is 60.9 Å². The van der Waals surface area contributed by atoms with Crippen LogP contribution in [-0.4, -0.2) is 52.6 Å². The van der Waals surface area contributed by atoms with Crippen molar-refractivity contribution in [3.63, 3.8) is 0 Å². The zero-order valence-corrected chi connectivity index (χ0v) is 11.4. The van der Waals surface area contributed by atoms with Gasteiger partial charge in [0.2, 0.25) is 0 Å². The molecule has 18 heavy (non-hydrogen) atoms. The molecule has 0 spiro atoms. The molecule has 5 nitrogen and oxygen atoms in total. The Morgan fingerprint density at radius 3 is 2.33 bits per heavy atom. The van der Waals surface area contributed by atoms with Gasteiger partial charge in [-0.25, -0.2) is 9.59 Å². The second kappa shape index (κ2) is 7.24. The predicted molar refractivity (Wildman–Crippen MR) is 69.5 cm³/mol. The van der Waals surface area contributed by atoms with Crippen molar-refractivity contribution in [1.82, 2.24) is 9.80 Å². The summed E-state index contributed by atoms with van der Waals surface area (Å²) in [5.41, 5.74) is 0. The smallest absolute Gasteiger partial charge is 0.326 e. The lowest BCUT2D eigenvalue weighted by Crippen LogP contribution is -2.51. The Morgan fingerprint density at radius 1 is 1.17 bits per heavy atom. The molecule has 0 aromatic rings. The minimum absolute atomic E-state index is 0.130. The SMILES string of the molecule is CCN(CC)C(=O)N1CCCCCCC1C(=O)O. The van der Waals surface area contributed by atoms with Crippen LogP contribution in [0.15, 0.2) is 0 Å². The van der Waals surface area contributed by atoms with Gasteiger partial charge in [0.05, 0.1) is 0 Å². The molecule has 1 saturated heterocycles. The van der Waals surface area contributed by atoms with E-state index in [-0.39, 0.29) is 6.03 Å². The number of urea groups is 1. The van der Waals surface area contributed by atoms with E-state index in [4.69, 9.17) is 0 Å². The maximum atomic E-state index is 12.3. The van der Waals surface area contributed by atoms with Gasteiger partial charge >= 0.3 is 12.0 Å². The van der Waals surface area contributed by atoms with Crippen molar-refractivity contribution in [2.24, 2.45) is 0 Å². The number of rotatable bonds is 3. The maximum Gasteiger partial charge on any atom is 0.326 e. The number of aliphatic carboxylic acids is 1. The first-order valence-corrected chi connectivity index (χ1v) is 6.90. The largest absolute Gasteiger partial charge is 0.480 e. The molecule has 1 atom stereocenters. The summed E-state index contributed by atoms with van der Waals surface area (Å²) in [5, 5.41) is 9.29. The van der Waals surface area contributed by atoms with E-state index in [0.29, 0.717) is 26.1 Å². The van der Waals surface area contributed by atoms with Crippen LogP contribution >= 0.6 is 0 Å². The quantitative estimate of drug-likeness (QED) is 0.841. The molecule has 0 bridgehead atoms. The van der Waals surface area contributed by atoms with E-state index in [1.54, 1.807) is 9.80 Å². The zero-order chi connectivity index (χ0) is 13.5. The molecule has 1 rings (SSSR count). The van der Waals surface area contributed by atoms with Gasteiger partial charge in [0.15, 0.2) is 0 Å². The number of amides is 2. The molecule has 0 aliphatic carbocycles. The number of carbonyl (C=O) groups excluding carboxylic acids is 1. The van der Waals surface area contributed by atoms with E-state index >= 15 is 0 Å². The molecule has 1 heterocycles. The molecule has 5 heteroatoms.